The van der Waals surface area contributed by atoms with E-state index in [1.165, 1.54) is 16.0 Å². The van der Waals surface area contributed by atoms with E-state index >= 15 is 0 Å². The van der Waals surface area contributed by atoms with Gasteiger partial charge in [-0.25, -0.2) is 4.98 Å². The molecule has 3 nitrogen and oxygen atoms in total. The lowest BCUT2D eigenvalue weighted by molar-refractivity contribution is 0.734. The molecule has 2 aromatic heterocycles. The van der Waals surface area contributed by atoms with E-state index < -0.39 is 0 Å². The average Bonchev–Trinajstić information content (AvgIpc) is 2.75. The van der Waals surface area contributed by atoms with E-state index in [-0.39, 0.29) is 0 Å². The van der Waals surface area contributed by atoms with Crippen molar-refractivity contribution >= 4 is 11.3 Å². The molecule has 1 N–H and O–H groups in total. The second-order valence-electron chi connectivity index (χ2n) is 4.09. The first kappa shape index (κ1) is 12.2. The van der Waals surface area contributed by atoms with Gasteiger partial charge in [-0.15, -0.1) is 11.3 Å². The Bertz CT molecular complexity index is 505. The summed E-state index contributed by atoms with van der Waals surface area (Å²) in [6.07, 6.45) is 3.83. The van der Waals surface area contributed by atoms with Crippen LogP contribution in [-0.2, 0) is 6.54 Å². The van der Waals surface area contributed by atoms with Gasteiger partial charge in [-0.2, -0.15) is 0 Å². The molecule has 0 radical (unpaired) electrons. The van der Waals surface area contributed by atoms with Gasteiger partial charge in [-0.05, 0) is 31.5 Å². The molecular weight excluding hydrogens is 230 g/mol. The van der Waals surface area contributed by atoms with Crippen LogP contribution in [0.4, 0.5) is 0 Å². The third-order valence-electron chi connectivity index (χ3n) is 2.52. The molecular formula is C13H17N3S. The van der Waals surface area contributed by atoms with E-state index in [0.29, 0.717) is 0 Å². The van der Waals surface area contributed by atoms with Gasteiger partial charge in [0.05, 0.1) is 0 Å². The molecule has 0 aliphatic heterocycles. The number of aryl methyl sites for hydroxylation is 2. The van der Waals surface area contributed by atoms with Gasteiger partial charge in [0.2, 0.25) is 0 Å². The van der Waals surface area contributed by atoms with Gasteiger partial charge in [0, 0.05) is 23.8 Å². The van der Waals surface area contributed by atoms with Crippen LogP contribution in [0, 0.1) is 13.8 Å². The fourth-order valence-electron chi connectivity index (χ4n) is 1.69. The largest absolute Gasteiger partial charge is 0.312 e. The summed E-state index contributed by atoms with van der Waals surface area (Å²) in [6, 6.07) is 2.15. The van der Waals surface area contributed by atoms with Crippen molar-refractivity contribution < 1.29 is 0 Å². The number of nitrogens with zero attached hydrogens (tertiary/aromatic N) is 2. The first-order chi connectivity index (χ1) is 8.20. The van der Waals surface area contributed by atoms with Gasteiger partial charge in [0.1, 0.15) is 10.7 Å². The van der Waals surface area contributed by atoms with Crippen molar-refractivity contribution in [2.45, 2.75) is 27.3 Å². The predicted octanol–water partition coefficient (Wildman–Crippen LogP) is 2.93. The minimum Gasteiger partial charge on any atom is -0.312 e. The zero-order valence-electron chi connectivity index (χ0n) is 10.4. The quantitative estimate of drug-likeness (QED) is 0.902. The molecule has 0 saturated heterocycles. The maximum Gasteiger partial charge on any atom is 0.142 e. The van der Waals surface area contributed by atoms with Crippen molar-refractivity contribution in [1.82, 2.24) is 15.3 Å². The lowest BCUT2D eigenvalue weighted by Gasteiger charge is -2.01. The topological polar surface area (TPSA) is 37.8 Å². The summed E-state index contributed by atoms with van der Waals surface area (Å²) >= 11 is 1.71. The maximum absolute atomic E-state index is 4.47. The number of hydrogen-bond donors (Lipinski definition) is 1. The van der Waals surface area contributed by atoms with Crippen LogP contribution in [0.15, 0.2) is 18.5 Å². The van der Waals surface area contributed by atoms with Gasteiger partial charge in [0.25, 0.3) is 0 Å². The highest BCUT2D eigenvalue weighted by atomic mass is 32.1. The molecule has 0 aliphatic rings. The zero-order chi connectivity index (χ0) is 12.3. The van der Waals surface area contributed by atoms with E-state index in [2.05, 4.69) is 42.1 Å². The van der Waals surface area contributed by atoms with E-state index in [4.69, 9.17) is 0 Å². The summed E-state index contributed by atoms with van der Waals surface area (Å²) < 4.78 is 0. The van der Waals surface area contributed by atoms with Crippen LogP contribution in [0.1, 0.15) is 22.9 Å². The number of hydrogen-bond acceptors (Lipinski definition) is 4. The number of aromatic nitrogens is 2. The van der Waals surface area contributed by atoms with Crippen LogP contribution in [0.25, 0.3) is 10.7 Å². The second kappa shape index (κ2) is 5.38. The Balaban J connectivity index is 2.24. The Kier molecular flexibility index (Phi) is 3.86. The molecule has 0 atom stereocenters. The van der Waals surface area contributed by atoms with Crippen LogP contribution < -0.4 is 5.32 Å². The number of nitrogens with one attached hydrogen (secondary N) is 1. The number of pyridine rings is 1. The Labute approximate surface area is 106 Å². The molecule has 90 valence electrons. The van der Waals surface area contributed by atoms with Gasteiger partial charge < -0.3 is 5.32 Å². The summed E-state index contributed by atoms with van der Waals surface area (Å²) in [7, 11) is 0. The summed E-state index contributed by atoms with van der Waals surface area (Å²) in [4.78, 5) is 10.2. The Hall–Kier alpha value is -1.26. The number of thiazole rings is 1. The SMILES string of the molecule is CCNCc1cnc(-c2ncc(C)cc2C)s1. The first-order valence-corrected chi connectivity index (χ1v) is 6.61. The molecule has 2 heterocycles. The van der Waals surface area contributed by atoms with Gasteiger partial charge in [-0.1, -0.05) is 13.0 Å². The molecule has 0 bridgehead atoms. The molecule has 0 aromatic carbocycles. The third-order valence-corrected chi connectivity index (χ3v) is 3.52. The minimum atomic E-state index is 0.888. The lowest BCUT2D eigenvalue weighted by Crippen LogP contribution is -2.10. The highest BCUT2D eigenvalue weighted by Crippen LogP contribution is 2.26. The fourth-order valence-corrected chi connectivity index (χ4v) is 2.63. The van der Waals surface area contributed by atoms with Crippen LogP contribution >= 0.6 is 11.3 Å². The second-order valence-corrected chi connectivity index (χ2v) is 5.21. The Morgan fingerprint density at radius 3 is 2.76 bits per heavy atom. The van der Waals surface area contributed by atoms with E-state index in [1.807, 2.05) is 12.4 Å². The molecule has 0 unspecified atom stereocenters. The highest BCUT2D eigenvalue weighted by molar-refractivity contribution is 7.15. The molecule has 0 amide bonds. The predicted molar refractivity (Wildman–Crippen MR) is 72.2 cm³/mol. The fraction of sp³-hybridized carbons (Fsp3) is 0.385. The molecule has 4 heteroatoms. The Morgan fingerprint density at radius 2 is 2.06 bits per heavy atom. The van der Waals surface area contributed by atoms with Gasteiger partial charge in [-0.3, -0.25) is 4.98 Å². The summed E-state index contributed by atoms with van der Waals surface area (Å²) in [5.74, 6) is 0. The van der Waals surface area contributed by atoms with Crippen molar-refractivity contribution in [2.24, 2.45) is 0 Å². The van der Waals surface area contributed by atoms with E-state index in [9.17, 15) is 0 Å². The first-order valence-electron chi connectivity index (χ1n) is 5.79. The third kappa shape index (κ3) is 2.90. The highest BCUT2D eigenvalue weighted by Gasteiger charge is 2.08. The zero-order valence-corrected chi connectivity index (χ0v) is 11.3. The number of rotatable bonds is 4. The van der Waals surface area contributed by atoms with Crippen molar-refractivity contribution in [3.63, 3.8) is 0 Å². The van der Waals surface area contributed by atoms with Crippen molar-refractivity contribution in [3.05, 3.63) is 34.5 Å². The smallest absolute Gasteiger partial charge is 0.142 e. The van der Waals surface area contributed by atoms with Crippen LogP contribution in [-0.4, -0.2) is 16.5 Å². The molecule has 0 saturated carbocycles. The molecule has 0 aliphatic carbocycles. The summed E-state index contributed by atoms with van der Waals surface area (Å²) in [6.45, 7) is 8.12. The molecule has 17 heavy (non-hydrogen) atoms. The van der Waals surface area contributed by atoms with Crippen LogP contribution in [0.2, 0.25) is 0 Å². The molecule has 0 spiro atoms. The minimum absolute atomic E-state index is 0.888. The molecule has 2 rings (SSSR count). The van der Waals surface area contributed by atoms with Gasteiger partial charge in [0.15, 0.2) is 0 Å². The standard InChI is InChI=1S/C13H17N3S/c1-4-14-7-11-8-16-13(17-11)12-10(3)5-9(2)6-15-12/h5-6,8,14H,4,7H2,1-3H3. The monoisotopic (exact) mass is 247 g/mol. The molecule has 0 fully saturated rings. The van der Waals surface area contributed by atoms with Crippen LogP contribution in [0.3, 0.4) is 0 Å². The van der Waals surface area contributed by atoms with E-state index in [0.717, 1.165) is 23.8 Å². The van der Waals surface area contributed by atoms with E-state index in [1.54, 1.807) is 11.3 Å². The maximum atomic E-state index is 4.47. The lowest BCUT2D eigenvalue weighted by atomic mass is 10.2. The van der Waals surface area contributed by atoms with Crippen molar-refractivity contribution in [3.8, 4) is 10.7 Å². The van der Waals surface area contributed by atoms with Crippen molar-refractivity contribution in [1.29, 1.82) is 0 Å². The van der Waals surface area contributed by atoms with Crippen molar-refractivity contribution in [2.75, 3.05) is 6.54 Å². The summed E-state index contributed by atoms with van der Waals surface area (Å²) in [5.41, 5.74) is 3.38. The Morgan fingerprint density at radius 1 is 1.24 bits per heavy atom. The molecule has 2 aromatic rings. The average molecular weight is 247 g/mol. The summed E-state index contributed by atoms with van der Waals surface area (Å²) in [5, 5.41) is 4.31. The van der Waals surface area contributed by atoms with Crippen LogP contribution in [0.5, 0.6) is 0 Å². The normalized spacial score (nSPS) is 10.8. The van der Waals surface area contributed by atoms with Gasteiger partial charge >= 0.3 is 0 Å².